The van der Waals surface area contributed by atoms with Gasteiger partial charge in [0.1, 0.15) is 23.1 Å². The summed E-state index contributed by atoms with van der Waals surface area (Å²) < 4.78 is 24.4. The van der Waals surface area contributed by atoms with E-state index >= 15 is 0 Å². The van der Waals surface area contributed by atoms with Gasteiger partial charge in [-0.15, -0.1) is 0 Å². The first-order chi connectivity index (χ1) is 15.5. The van der Waals surface area contributed by atoms with E-state index in [1.807, 2.05) is 0 Å². The number of carbonyl (C=O) groups excluding carboxylic acids is 2. The van der Waals surface area contributed by atoms with Gasteiger partial charge in [-0.25, -0.2) is 4.39 Å². The van der Waals surface area contributed by atoms with E-state index in [-0.39, 0.29) is 11.3 Å². The van der Waals surface area contributed by atoms with Crippen LogP contribution in [-0.2, 0) is 9.59 Å². The Balaban J connectivity index is 2.01. The Bertz CT molecular complexity index is 1200. The molecule has 1 aliphatic heterocycles. The van der Waals surface area contributed by atoms with Crippen LogP contribution in [0, 0.1) is 5.82 Å². The van der Waals surface area contributed by atoms with E-state index in [1.54, 1.807) is 48.5 Å². The molecule has 4 rings (SSSR count). The van der Waals surface area contributed by atoms with Gasteiger partial charge in [0.2, 0.25) is 0 Å². The summed E-state index contributed by atoms with van der Waals surface area (Å²) >= 11 is 0. The van der Waals surface area contributed by atoms with Crippen molar-refractivity contribution in [1.29, 1.82) is 0 Å². The van der Waals surface area contributed by atoms with Crippen molar-refractivity contribution < 1.29 is 28.6 Å². The van der Waals surface area contributed by atoms with Gasteiger partial charge >= 0.3 is 0 Å². The summed E-state index contributed by atoms with van der Waals surface area (Å²) in [6, 6.07) is 17.7. The van der Waals surface area contributed by atoms with Crippen molar-refractivity contribution in [3.63, 3.8) is 0 Å². The number of amides is 1. The Morgan fingerprint density at radius 3 is 2.25 bits per heavy atom. The first-order valence-electron chi connectivity index (χ1n) is 9.80. The normalized spacial score (nSPS) is 17.5. The Morgan fingerprint density at radius 2 is 1.62 bits per heavy atom. The number of nitrogens with zero attached hydrogens (tertiary/aromatic N) is 1. The molecule has 1 fully saturated rings. The molecule has 3 aromatic rings. The molecule has 6 nitrogen and oxygen atoms in total. The fraction of sp³-hybridized carbons (Fsp3) is 0.120. The van der Waals surface area contributed by atoms with Crippen LogP contribution in [0.5, 0.6) is 11.5 Å². The first-order valence-corrected chi connectivity index (χ1v) is 9.80. The fourth-order valence-corrected chi connectivity index (χ4v) is 3.80. The van der Waals surface area contributed by atoms with Crippen molar-refractivity contribution >= 4 is 23.1 Å². The zero-order valence-corrected chi connectivity index (χ0v) is 17.4. The summed E-state index contributed by atoms with van der Waals surface area (Å²) in [5, 5.41) is 11.1. The molecule has 1 heterocycles. The Labute approximate surface area is 184 Å². The highest BCUT2D eigenvalue weighted by atomic mass is 19.1. The second-order valence-corrected chi connectivity index (χ2v) is 7.12. The molecule has 0 unspecified atom stereocenters. The zero-order chi connectivity index (χ0) is 22.8. The molecule has 32 heavy (non-hydrogen) atoms. The van der Waals surface area contributed by atoms with Crippen molar-refractivity contribution in [3.8, 4) is 11.5 Å². The highest BCUT2D eigenvalue weighted by molar-refractivity contribution is 6.51. The van der Waals surface area contributed by atoms with Gasteiger partial charge < -0.3 is 14.6 Å². The number of methoxy groups -OCH3 is 2. The molecule has 162 valence electrons. The van der Waals surface area contributed by atoms with Crippen LogP contribution in [-0.4, -0.2) is 31.0 Å². The smallest absolute Gasteiger partial charge is 0.300 e. The Morgan fingerprint density at radius 1 is 0.938 bits per heavy atom. The average molecular weight is 433 g/mol. The lowest BCUT2D eigenvalue weighted by Crippen LogP contribution is -2.29. The van der Waals surface area contributed by atoms with Crippen molar-refractivity contribution in [2.75, 3.05) is 19.1 Å². The molecule has 1 saturated heterocycles. The third kappa shape index (κ3) is 3.58. The van der Waals surface area contributed by atoms with Gasteiger partial charge in [-0.05, 0) is 42.5 Å². The number of ketones is 1. The number of aliphatic hydroxyl groups is 1. The van der Waals surface area contributed by atoms with Gasteiger partial charge in [0.25, 0.3) is 11.7 Å². The van der Waals surface area contributed by atoms with E-state index in [2.05, 4.69) is 0 Å². The minimum Gasteiger partial charge on any atom is -0.507 e. The van der Waals surface area contributed by atoms with E-state index in [9.17, 15) is 19.1 Å². The van der Waals surface area contributed by atoms with E-state index in [0.717, 1.165) is 0 Å². The maximum absolute atomic E-state index is 13.6. The van der Waals surface area contributed by atoms with Crippen molar-refractivity contribution in [3.05, 3.63) is 95.3 Å². The van der Waals surface area contributed by atoms with Crippen LogP contribution in [0.3, 0.4) is 0 Å². The van der Waals surface area contributed by atoms with Gasteiger partial charge in [-0.2, -0.15) is 0 Å². The minimum atomic E-state index is -1.02. The maximum atomic E-state index is 13.6. The molecule has 0 radical (unpaired) electrons. The number of halogens is 1. The molecule has 1 amide bonds. The number of rotatable bonds is 5. The van der Waals surface area contributed by atoms with Crippen LogP contribution in [0.15, 0.2) is 78.4 Å². The molecular formula is C25H20FNO5. The second kappa shape index (κ2) is 8.55. The lowest BCUT2D eigenvalue weighted by Gasteiger charge is -2.27. The molecule has 0 aliphatic carbocycles. The molecule has 0 bridgehead atoms. The fourth-order valence-electron chi connectivity index (χ4n) is 3.80. The largest absolute Gasteiger partial charge is 0.507 e. The molecule has 3 aromatic carbocycles. The van der Waals surface area contributed by atoms with Crippen molar-refractivity contribution in [2.24, 2.45) is 0 Å². The van der Waals surface area contributed by atoms with Crippen LogP contribution < -0.4 is 14.4 Å². The standard InChI is InChI=1S/C25H20FNO5/c1-31-18-12-13-20(32-2)19(14-18)22-21(23(28)15-6-4-3-5-7-15)24(29)25(30)27(22)17-10-8-16(26)9-11-17/h3-14,22,28H,1-2H3/b23-21+/t22-/m1/s1. The number of anilines is 1. The predicted molar refractivity (Wildman–Crippen MR) is 117 cm³/mol. The SMILES string of the molecule is COc1ccc(OC)c([C@@H]2/C(=C(\O)c3ccccc3)C(=O)C(=O)N2c2ccc(F)cc2)c1. The molecular weight excluding hydrogens is 413 g/mol. The highest BCUT2D eigenvalue weighted by Gasteiger charge is 2.48. The van der Waals surface area contributed by atoms with Gasteiger partial charge in [-0.3, -0.25) is 14.5 Å². The predicted octanol–water partition coefficient (Wildman–Crippen LogP) is 4.47. The Kier molecular flexibility index (Phi) is 5.64. The van der Waals surface area contributed by atoms with Crippen LogP contribution in [0.2, 0.25) is 0 Å². The lowest BCUT2D eigenvalue weighted by atomic mass is 9.94. The second-order valence-electron chi connectivity index (χ2n) is 7.12. The maximum Gasteiger partial charge on any atom is 0.300 e. The monoisotopic (exact) mass is 433 g/mol. The van der Waals surface area contributed by atoms with Crippen LogP contribution in [0.1, 0.15) is 17.2 Å². The van der Waals surface area contributed by atoms with Gasteiger partial charge in [-0.1, -0.05) is 30.3 Å². The van der Waals surface area contributed by atoms with Gasteiger partial charge in [0.05, 0.1) is 25.8 Å². The summed E-state index contributed by atoms with van der Waals surface area (Å²) in [4.78, 5) is 27.5. The topological polar surface area (TPSA) is 76.1 Å². The molecule has 0 aromatic heterocycles. The Hall–Kier alpha value is -4.13. The number of ether oxygens (including phenoxy) is 2. The average Bonchev–Trinajstić information content (AvgIpc) is 3.09. The first kappa shape index (κ1) is 21.1. The van der Waals surface area contributed by atoms with E-state index in [1.165, 1.54) is 43.4 Å². The summed E-state index contributed by atoms with van der Waals surface area (Å²) in [5.74, 6) is -1.63. The van der Waals surface area contributed by atoms with Gasteiger partial charge in [0, 0.05) is 16.8 Å². The van der Waals surface area contributed by atoms with Crippen molar-refractivity contribution in [2.45, 2.75) is 6.04 Å². The quantitative estimate of drug-likeness (QED) is 0.365. The number of Topliss-reactive ketones (excluding diaryl/α,β-unsaturated/α-hetero) is 1. The van der Waals surface area contributed by atoms with Crippen LogP contribution >= 0.6 is 0 Å². The van der Waals surface area contributed by atoms with Crippen LogP contribution in [0.25, 0.3) is 5.76 Å². The number of benzene rings is 3. The van der Waals surface area contributed by atoms with Crippen LogP contribution in [0.4, 0.5) is 10.1 Å². The van der Waals surface area contributed by atoms with Gasteiger partial charge in [0.15, 0.2) is 0 Å². The molecule has 1 atom stereocenters. The minimum absolute atomic E-state index is 0.0999. The third-order valence-electron chi connectivity index (χ3n) is 5.33. The van der Waals surface area contributed by atoms with Crippen molar-refractivity contribution in [1.82, 2.24) is 0 Å². The molecule has 1 aliphatic rings. The summed E-state index contributed by atoms with van der Waals surface area (Å²) in [7, 11) is 2.96. The van der Waals surface area contributed by atoms with E-state index in [4.69, 9.17) is 9.47 Å². The zero-order valence-electron chi connectivity index (χ0n) is 17.4. The highest BCUT2D eigenvalue weighted by Crippen LogP contribution is 2.45. The molecule has 0 spiro atoms. The lowest BCUT2D eigenvalue weighted by molar-refractivity contribution is -0.132. The number of carbonyl (C=O) groups is 2. The summed E-state index contributed by atoms with van der Waals surface area (Å²) in [5.41, 5.74) is 1.02. The van der Waals surface area contributed by atoms with E-state index < -0.39 is 23.5 Å². The third-order valence-corrected chi connectivity index (χ3v) is 5.33. The number of hydrogen-bond donors (Lipinski definition) is 1. The molecule has 0 saturated carbocycles. The number of aliphatic hydroxyl groups excluding tert-OH is 1. The summed E-state index contributed by atoms with van der Waals surface area (Å²) in [6.45, 7) is 0. The molecule has 7 heteroatoms. The summed E-state index contributed by atoms with van der Waals surface area (Å²) in [6.07, 6.45) is 0. The molecule has 1 N–H and O–H groups in total. The number of hydrogen-bond acceptors (Lipinski definition) is 5. The van der Waals surface area contributed by atoms with E-state index in [0.29, 0.717) is 28.3 Å².